The summed E-state index contributed by atoms with van der Waals surface area (Å²) in [5, 5.41) is 1.08. The molecule has 0 spiro atoms. The third-order valence-corrected chi connectivity index (χ3v) is 3.09. The van der Waals surface area contributed by atoms with Gasteiger partial charge in [-0.05, 0) is 18.2 Å². The number of nitrogens with one attached hydrogen (secondary N) is 1. The highest BCUT2D eigenvalue weighted by atomic mass is 14.9. The Bertz CT molecular complexity index is 881. The minimum atomic E-state index is 0.657. The molecule has 0 aliphatic rings. The van der Waals surface area contributed by atoms with E-state index in [0.717, 1.165) is 27.7 Å². The number of rotatable bonds is 1. The van der Waals surface area contributed by atoms with Gasteiger partial charge < -0.3 is 4.98 Å². The molecule has 0 aliphatic heterocycles. The van der Waals surface area contributed by atoms with Crippen molar-refractivity contribution in [2.45, 2.75) is 0 Å². The van der Waals surface area contributed by atoms with Gasteiger partial charge in [-0.2, -0.15) is 0 Å². The largest absolute Gasteiger partial charge is 0.346 e. The number of nitrogens with zero attached hydrogens (tertiary/aromatic N) is 4. The molecule has 4 aromatic rings. The van der Waals surface area contributed by atoms with Crippen molar-refractivity contribution in [3.63, 3.8) is 0 Å². The predicted octanol–water partition coefficient (Wildman–Crippen LogP) is 2.57. The van der Waals surface area contributed by atoms with E-state index < -0.39 is 0 Å². The van der Waals surface area contributed by atoms with Gasteiger partial charge in [-0.1, -0.05) is 0 Å². The molecule has 0 saturated carbocycles. The van der Waals surface area contributed by atoms with Crippen molar-refractivity contribution in [3.8, 4) is 11.1 Å². The van der Waals surface area contributed by atoms with Crippen LogP contribution in [0.3, 0.4) is 0 Å². The van der Waals surface area contributed by atoms with Crippen LogP contribution in [0.15, 0.2) is 49.2 Å². The second-order valence-corrected chi connectivity index (χ2v) is 4.22. The Morgan fingerprint density at radius 2 is 1.89 bits per heavy atom. The minimum absolute atomic E-state index is 0.657. The molecule has 0 atom stereocenters. The first-order valence-corrected chi connectivity index (χ1v) is 5.91. The molecule has 19 heavy (non-hydrogen) atoms. The predicted molar refractivity (Wildman–Crippen MR) is 72.4 cm³/mol. The van der Waals surface area contributed by atoms with Crippen LogP contribution in [0.1, 0.15) is 0 Å². The lowest BCUT2D eigenvalue weighted by molar-refractivity contribution is 1.22. The van der Waals surface area contributed by atoms with Crippen LogP contribution in [0.25, 0.3) is 33.3 Å². The molecule has 4 heterocycles. The van der Waals surface area contributed by atoms with Crippen LogP contribution in [-0.4, -0.2) is 24.9 Å². The van der Waals surface area contributed by atoms with Crippen molar-refractivity contribution in [1.29, 1.82) is 0 Å². The zero-order valence-electron chi connectivity index (χ0n) is 9.91. The van der Waals surface area contributed by atoms with Crippen molar-refractivity contribution in [3.05, 3.63) is 49.2 Å². The molecule has 0 aliphatic carbocycles. The Balaban J connectivity index is 1.99. The first kappa shape index (κ1) is 10.1. The van der Waals surface area contributed by atoms with E-state index in [-0.39, 0.29) is 0 Å². The summed E-state index contributed by atoms with van der Waals surface area (Å²) >= 11 is 0. The van der Waals surface area contributed by atoms with Crippen LogP contribution in [0.4, 0.5) is 0 Å². The lowest BCUT2D eigenvalue weighted by Gasteiger charge is -2.00. The monoisotopic (exact) mass is 247 g/mol. The highest BCUT2D eigenvalue weighted by Crippen LogP contribution is 2.27. The normalized spacial score (nSPS) is 11.2. The van der Waals surface area contributed by atoms with Crippen LogP contribution in [0, 0.1) is 0 Å². The summed E-state index contributed by atoms with van der Waals surface area (Å²) in [6.45, 7) is 0. The van der Waals surface area contributed by atoms with E-state index >= 15 is 0 Å². The molecular weight excluding hydrogens is 238 g/mol. The van der Waals surface area contributed by atoms with E-state index in [9.17, 15) is 0 Å². The maximum Gasteiger partial charge on any atom is 0.178 e. The molecule has 0 aromatic carbocycles. The maximum absolute atomic E-state index is 4.34. The van der Waals surface area contributed by atoms with E-state index in [2.05, 4.69) is 24.9 Å². The topological polar surface area (TPSA) is 67.3 Å². The smallest absolute Gasteiger partial charge is 0.178 e. The standard InChI is InChI=1S/C14H9N5/c1-2-10-11(8-19-13(10)16-3-1)9-6-12-14(18-7-9)17-5-4-15-12/h1-8H,(H,16,19). The molecule has 0 bridgehead atoms. The van der Waals surface area contributed by atoms with Crippen molar-refractivity contribution in [2.24, 2.45) is 0 Å². The van der Waals surface area contributed by atoms with Crippen molar-refractivity contribution in [2.75, 3.05) is 0 Å². The first-order valence-electron chi connectivity index (χ1n) is 5.91. The fourth-order valence-electron chi connectivity index (χ4n) is 2.20. The number of hydrogen-bond acceptors (Lipinski definition) is 4. The first-order chi connectivity index (χ1) is 9.42. The summed E-state index contributed by atoms with van der Waals surface area (Å²) in [6.07, 6.45) is 8.84. The summed E-state index contributed by atoms with van der Waals surface area (Å²) in [5.74, 6) is 0. The molecule has 0 saturated heterocycles. The highest BCUT2D eigenvalue weighted by molar-refractivity contribution is 5.94. The van der Waals surface area contributed by atoms with Gasteiger partial charge in [0, 0.05) is 47.5 Å². The minimum Gasteiger partial charge on any atom is -0.346 e. The molecule has 0 unspecified atom stereocenters. The zero-order chi connectivity index (χ0) is 12.7. The van der Waals surface area contributed by atoms with E-state index in [0.29, 0.717) is 5.65 Å². The van der Waals surface area contributed by atoms with Crippen molar-refractivity contribution < 1.29 is 0 Å². The van der Waals surface area contributed by atoms with Crippen LogP contribution in [0.5, 0.6) is 0 Å². The summed E-state index contributed by atoms with van der Waals surface area (Å²) < 4.78 is 0. The Morgan fingerprint density at radius 1 is 0.947 bits per heavy atom. The van der Waals surface area contributed by atoms with Gasteiger partial charge in [0.25, 0.3) is 0 Å². The van der Waals surface area contributed by atoms with Gasteiger partial charge in [-0.25, -0.2) is 15.0 Å². The summed E-state index contributed by atoms with van der Waals surface area (Å²) in [6, 6.07) is 5.95. The Hall–Kier alpha value is -2.82. The van der Waals surface area contributed by atoms with E-state index in [4.69, 9.17) is 0 Å². The lowest BCUT2D eigenvalue weighted by Crippen LogP contribution is -1.87. The fraction of sp³-hybridized carbons (Fsp3) is 0. The molecule has 5 heteroatoms. The van der Waals surface area contributed by atoms with Gasteiger partial charge in [0.15, 0.2) is 5.65 Å². The van der Waals surface area contributed by atoms with Gasteiger partial charge in [0.1, 0.15) is 11.2 Å². The molecule has 4 aromatic heterocycles. The van der Waals surface area contributed by atoms with E-state index in [1.165, 1.54) is 0 Å². The number of hydrogen-bond donors (Lipinski definition) is 1. The Morgan fingerprint density at radius 3 is 2.89 bits per heavy atom. The lowest BCUT2D eigenvalue weighted by atomic mass is 10.1. The van der Waals surface area contributed by atoms with Crippen LogP contribution in [0.2, 0.25) is 0 Å². The summed E-state index contributed by atoms with van der Waals surface area (Å²) in [4.78, 5) is 20.2. The fourth-order valence-corrected chi connectivity index (χ4v) is 2.20. The van der Waals surface area contributed by atoms with Crippen LogP contribution < -0.4 is 0 Å². The van der Waals surface area contributed by atoms with Gasteiger partial charge in [-0.3, -0.25) is 4.98 Å². The van der Waals surface area contributed by atoms with Crippen molar-refractivity contribution >= 4 is 22.2 Å². The van der Waals surface area contributed by atoms with Gasteiger partial charge in [-0.15, -0.1) is 0 Å². The molecule has 90 valence electrons. The number of aromatic amines is 1. The van der Waals surface area contributed by atoms with E-state index in [1.807, 2.05) is 30.6 Å². The average Bonchev–Trinajstić information content (AvgIpc) is 2.91. The second kappa shape index (κ2) is 3.84. The van der Waals surface area contributed by atoms with Gasteiger partial charge in [0.2, 0.25) is 0 Å². The molecule has 1 N–H and O–H groups in total. The van der Waals surface area contributed by atoms with Crippen LogP contribution in [-0.2, 0) is 0 Å². The van der Waals surface area contributed by atoms with Gasteiger partial charge in [0.05, 0.1) is 0 Å². The molecule has 5 nitrogen and oxygen atoms in total. The number of fused-ring (bicyclic) bond motifs is 2. The quantitative estimate of drug-likeness (QED) is 0.561. The van der Waals surface area contributed by atoms with Crippen molar-refractivity contribution in [1.82, 2.24) is 24.9 Å². The Labute approximate surface area is 108 Å². The molecule has 4 rings (SSSR count). The maximum atomic E-state index is 4.34. The second-order valence-electron chi connectivity index (χ2n) is 4.22. The molecule has 0 fully saturated rings. The Kier molecular flexibility index (Phi) is 2.05. The molecule has 0 amide bonds. The highest BCUT2D eigenvalue weighted by Gasteiger charge is 2.08. The van der Waals surface area contributed by atoms with Crippen LogP contribution >= 0.6 is 0 Å². The average molecular weight is 247 g/mol. The third kappa shape index (κ3) is 1.55. The summed E-state index contributed by atoms with van der Waals surface area (Å²) in [7, 11) is 0. The third-order valence-electron chi connectivity index (χ3n) is 3.09. The number of aromatic nitrogens is 5. The molecular formula is C14H9N5. The SMILES string of the molecule is c1cnc2[nH]cc(-c3cnc4nccnc4c3)c2c1. The van der Waals surface area contributed by atoms with E-state index in [1.54, 1.807) is 18.6 Å². The summed E-state index contributed by atoms with van der Waals surface area (Å²) in [5.41, 5.74) is 4.40. The van der Waals surface area contributed by atoms with Gasteiger partial charge >= 0.3 is 0 Å². The molecule has 0 radical (unpaired) electrons. The zero-order valence-corrected chi connectivity index (χ0v) is 9.91. The number of pyridine rings is 2. The number of H-pyrrole nitrogens is 1.